The van der Waals surface area contributed by atoms with Crippen LogP contribution in [0.15, 0.2) is 36.5 Å². The van der Waals surface area contributed by atoms with Crippen LogP contribution in [0.2, 0.25) is 0 Å². The highest BCUT2D eigenvalue weighted by molar-refractivity contribution is 5.91. The van der Waals surface area contributed by atoms with Crippen molar-refractivity contribution in [3.63, 3.8) is 0 Å². The standard InChI is InChI=1S/C15H19N3/c1-11-10-12(16)7-9-18(11)15-6-2-5-14-13(15)4-3-8-17-14/h2-6,8,11-12H,7,9-10,16H2,1H3. The predicted octanol–water partition coefficient (Wildman–Crippen LogP) is 2.55. The summed E-state index contributed by atoms with van der Waals surface area (Å²) in [5.74, 6) is 0. The summed E-state index contributed by atoms with van der Waals surface area (Å²) in [6, 6.07) is 11.4. The fraction of sp³-hybridized carbons (Fsp3) is 0.400. The molecular weight excluding hydrogens is 222 g/mol. The van der Waals surface area contributed by atoms with E-state index >= 15 is 0 Å². The molecule has 3 heteroatoms. The summed E-state index contributed by atoms with van der Waals surface area (Å²) in [5.41, 5.74) is 8.40. The number of hydrogen-bond acceptors (Lipinski definition) is 3. The molecule has 1 aliphatic heterocycles. The third-order valence-corrected chi connectivity index (χ3v) is 3.85. The first-order valence-electron chi connectivity index (χ1n) is 6.61. The molecule has 1 aromatic heterocycles. The number of hydrogen-bond donors (Lipinski definition) is 1. The van der Waals surface area contributed by atoms with Crippen molar-refractivity contribution >= 4 is 16.6 Å². The maximum atomic E-state index is 6.04. The summed E-state index contributed by atoms with van der Waals surface area (Å²) < 4.78 is 0. The van der Waals surface area contributed by atoms with E-state index in [-0.39, 0.29) is 0 Å². The lowest BCUT2D eigenvalue weighted by atomic mass is 9.97. The zero-order valence-corrected chi connectivity index (χ0v) is 10.7. The van der Waals surface area contributed by atoms with E-state index < -0.39 is 0 Å². The summed E-state index contributed by atoms with van der Waals surface area (Å²) in [6.45, 7) is 3.30. The van der Waals surface area contributed by atoms with Gasteiger partial charge in [0.25, 0.3) is 0 Å². The second-order valence-electron chi connectivity index (χ2n) is 5.17. The van der Waals surface area contributed by atoms with Crippen LogP contribution in [0.3, 0.4) is 0 Å². The minimum atomic E-state index is 0.351. The molecule has 2 aromatic rings. The Morgan fingerprint density at radius 3 is 3.00 bits per heavy atom. The Balaban J connectivity index is 2.04. The van der Waals surface area contributed by atoms with Gasteiger partial charge in [-0.2, -0.15) is 0 Å². The lowest BCUT2D eigenvalue weighted by molar-refractivity contribution is 0.430. The van der Waals surface area contributed by atoms with Crippen molar-refractivity contribution in [3.05, 3.63) is 36.5 Å². The molecule has 3 nitrogen and oxygen atoms in total. The Morgan fingerprint density at radius 1 is 1.28 bits per heavy atom. The van der Waals surface area contributed by atoms with Gasteiger partial charge in [-0.15, -0.1) is 0 Å². The van der Waals surface area contributed by atoms with Crippen LogP contribution in [-0.2, 0) is 0 Å². The molecule has 0 aliphatic carbocycles. The van der Waals surface area contributed by atoms with Crippen molar-refractivity contribution in [1.29, 1.82) is 0 Å². The first-order valence-corrected chi connectivity index (χ1v) is 6.61. The number of nitrogens with zero attached hydrogens (tertiary/aromatic N) is 2. The van der Waals surface area contributed by atoms with Gasteiger partial charge >= 0.3 is 0 Å². The fourth-order valence-electron chi connectivity index (χ4n) is 2.90. The molecule has 0 amide bonds. The average Bonchev–Trinajstić information content (AvgIpc) is 2.38. The molecule has 0 bridgehead atoms. The normalized spacial score (nSPS) is 24.4. The summed E-state index contributed by atoms with van der Waals surface area (Å²) in [6.07, 6.45) is 3.99. The van der Waals surface area contributed by atoms with Crippen molar-refractivity contribution < 1.29 is 0 Å². The third kappa shape index (κ3) is 1.95. The molecule has 1 fully saturated rings. The van der Waals surface area contributed by atoms with Gasteiger partial charge in [0.15, 0.2) is 0 Å². The maximum Gasteiger partial charge on any atom is 0.0722 e. The van der Waals surface area contributed by atoms with Crippen LogP contribution in [0.4, 0.5) is 5.69 Å². The predicted molar refractivity (Wildman–Crippen MR) is 75.8 cm³/mol. The van der Waals surface area contributed by atoms with Gasteiger partial charge in [-0.1, -0.05) is 6.07 Å². The molecule has 2 atom stereocenters. The largest absolute Gasteiger partial charge is 0.368 e. The molecule has 0 spiro atoms. The lowest BCUT2D eigenvalue weighted by Gasteiger charge is -2.38. The van der Waals surface area contributed by atoms with E-state index in [0.29, 0.717) is 12.1 Å². The Hall–Kier alpha value is -1.61. The van der Waals surface area contributed by atoms with Gasteiger partial charge in [0, 0.05) is 35.9 Å². The molecule has 3 rings (SSSR count). The second-order valence-corrected chi connectivity index (χ2v) is 5.17. The minimum Gasteiger partial charge on any atom is -0.368 e. The number of nitrogens with two attached hydrogens (primary N) is 1. The van der Waals surface area contributed by atoms with E-state index in [1.807, 2.05) is 12.3 Å². The van der Waals surface area contributed by atoms with E-state index in [1.165, 1.54) is 11.1 Å². The van der Waals surface area contributed by atoms with Crippen molar-refractivity contribution in [1.82, 2.24) is 4.98 Å². The molecular formula is C15H19N3. The lowest BCUT2D eigenvalue weighted by Crippen LogP contribution is -2.45. The van der Waals surface area contributed by atoms with Crippen LogP contribution in [0, 0.1) is 0 Å². The van der Waals surface area contributed by atoms with E-state index in [9.17, 15) is 0 Å². The third-order valence-electron chi connectivity index (χ3n) is 3.85. The Morgan fingerprint density at radius 2 is 2.17 bits per heavy atom. The fourth-order valence-corrected chi connectivity index (χ4v) is 2.90. The first-order chi connectivity index (χ1) is 8.75. The van der Waals surface area contributed by atoms with Crippen LogP contribution in [0.25, 0.3) is 10.9 Å². The summed E-state index contributed by atoms with van der Waals surface area (Å²) >= 11 is 0. The van der Waals surface area contributed by atoms with Gasteiger partial charge in [-0.3, -0.25) is 4.98 Å². The number of piperidine rings is 1. The number of pyridine rings is 1. The molecule has 2 unspecified atom stereocenters. The van der Waals surface area contributed by atoms with Crippen LogP contribution in [0.5, 0.6) is 0 Å². The molecule has 0 radical (unpaired) electrons. The quantitative estimate of drug-likeness (QED) is 0.834. The highest BCUT2D eigenvalue weighted by Crippen LogP contribution is 2.30. The maximum absolute atomic E-state index is 6.04. The number of benzene rings is 1. The zero-order valence-electron chi connectivity index (χ0n) is 10.7. The van der Waals surface area contributed by atoms with Gasteiger partial charge in [-0.25, -0.2) is 0 Å². The van der Waals surface area contributed by atoms with Crippen LogP contribution >= 0.6 is 0 Å². The number of anilines is 1. The number of rotatable bonds is 1. The topological polar surface area (TPSA) is 42.1 Å². The minimum absolute atomic E-state index is 0.351. The Bertz CT molecular complexity index is 547. The first kappa shape index (κ1) is 11.5. The van der Waals surface area contributed by atoms with Crippen molar-refractivity contribution in [2.45, 2.75) is 31.8 Å². The van der Waals surface area contributed by atoms with Crippen LogP contribution in [-0.4, -0.2) is 23.6 Å². The SMILES string of the molecule is CC1CC(N)CCN1c1cccc2ncccc12. The molecule has 2 heterocycles. The summed E-state index contributed by atoms with van der Waals surface area (Å²) in [4.78, 5) is 6.89. The molecule has 18 heavy (non-hydrogen) atoms. The van der Waals surface area contributed by atoms with Gasteiger partial charge in [0.05, 0.1) is 5.52 Å². The summed E-state index contributed by atoms with van der Waals surface area (Å²) in [5, 5.41) is 1.24. The van der Waals surface area contributed by atoms with Gasteiger partial charge in [0.1, 0.15) is 0 Å². The van der Waals surface area contributed by atoms with Crippen molar-refractivity contribution in [3.8, 4) is 0 Å². The van der Waals surface area contributed by atoms with Gasteiger partial charge < -0.3 is 10.6 Å². The molecule has 94 valence electrons. The monoisotopic (exact) mass is 241 g/mol. The van der Waals surface area contributed by atoms with Crippen molar-refractivity contribution in [2.24, 2.45) is 5.73 Å². The van der Waals surface area contributed by atoms with Crippen LogP contribution < -0.4 is 10.6 Å². The zero-order chi connectivity index (χ0) is 12.5. The highest BCUT2D eigenvalue weighted by Gasteiger charge is 2.24. The Kier molecular flexibility index (Phi) is 2.92. The van der Waals surface area contributed by atoms with E-state index in [0.717, 1.165) is 24.9 Å². The smallest absolute Gasteiger partial charge is 0.0722 e. The average molecular weight is 241 g/mol. The van der Waals surface area contributed by atoms with Crippen molar-refractivity contribution in [2.75, 3.05) is 11.4 Å². The van der Waals surface area contributed by atoms with E-state index in [1.54, 1.807) is 0 Å². The number of aromatic nitrogens is 1. The van der Waals surface area contributed by atoms with Crippen LogP contribution in [0.1, 0.15) is 19.8 Å². The second kappa shape index (κ2) is 4.58. The van der Waals surface area contributed by atoms with E-state index in [2.05, 4.69) is 41.1 Å². The number of fused-ring (bicyclic) bond motifs is 1. The molecule has 1 aromatic carbocycles. The Labute approximate surface area is 108 Å². The molecule has 0 saturated carbocycles. The summed E-state index contributed by atoms with van der Waals surface area (Å²) in [7, 11) is 0. The van der Waals surface area contributed by atoms with Gasteiger partial charge in [-0.05, 0) is 44.0 Å². The highest BCUT2D eigenvalue weighted by atomic mass is 15.2. The van der Waals surface area contributed by atoms with E-state index in [4.69, 9.17) is 5.73 Å². The molecule has 2 N–H and O–H groups in total. The van der Waals surface area contributed by atoms with Gasteiger partial charge in [0.2, 0.25) is 0 Å². The molecule has 1 saturated heterocycles. The molecule has 1 aliphatic rings.